The first kappa shape index (κ1) is 102. The average Bonchev–Trinajstić information content (AvgIpc) is 1.10. The molecular weight excluding hydrogens is 1890 g/mol. The minimum Gasteiger partial charge on any atom is -0.453 e. The smallest absolute Gasteiger partial charge is 0.407 e. The number of hydrogen-bond donors (Lipinski definition) is 9. The lowest BCUT2D eigenvalue weighted by Gasteiger charge is -2.69. The van der Waals surface area contributed by atoms with E-state index in [0.29, 0.717) is 84.2 Å². The zero-order valence-electron chi connectivity index (χ0n) is 76.7. The molecule has 4 bridgehead atoms. The Morgan fingerprint density at radius 1 is 0.358 bits per heavy atom. The van der Waals surface area contributed by atoms with Crippen LogP contribution in [-0.4, -0.2) is 207 Å². The molecule has 0 aromatic carbocycles. The van der Waals surface area contributed by atoms with E-state index in [1.807, 2.05) is 0 Å². The van der Waals surface area contributed by atoms with E-state index in [2.05, 4.69) is 150 Å². The van der Waals surface area contributed by atoms with E-state index in [1.165, 1.54) is 7.11 Å². The molecule has 23 rings (SSSR count). The SMILES string of the molecule is CC(=O)NC12CC(c3nncs3)(C1)C2.CC(=O)NC12CCC(c3nncs3)(CC1)OC2.CC(=O)NC1CC(c2nncs2)C1.CC(=O)N[C@@H]1CC[C@H](c2nncs2)C1.CC(=O)N[C@H]1CC[C@H](c2nncs2)C1.CNC(=O)NC1CCC(c2nncs2)CC1.COC(=O)NC1CCC(c2nncs2)CC1.N#CC1CCC(c2nncs2)CC1.O=C(NC1CCC(c2nncs2)CC1)C1CC1. The van der Waals surface area contributed by atoms with Crippen molar-refractivity contribution in [1.82, 2.24) is 140 Å². The molecule has 38 nitrogen and oxygen atoms in total. The lowest BCUT2D eigenvalue weighted by molar-refractivity contribution is -0.171. The van der Waals surface area contributed by atoms with Gasteiger partial charge >= 0.3 is 12.1 Å². The molecule has 12 saturated carbocycles. The van der Waals surface area contributed by atoms with Crippen LogP contribution in [0.1, 0.15) is 333 Å². The second-order valence-corrected chi connectivity index (χ2v) is 44.5. The number of ether oxygens (including phenoxy) is 2. The van der Waals surface area contributed by atoms with Crippen molar-refractivity contribution in [1.29, 1.82) is 5.26 Å². The highest BCUT2D eigenvalue weighted by atomic mass is 32.1. The van der Waals surface area contributed by atoms with Crippen molar-refractivity contribution in [2.45, 2.75) is 346 Å². The maximum Gasteiger partial charge on any atom is 0.407 e. The number of rotatable bonds is 18. The number of hydrogen-bond acceptors (Lipinski definition) is 38. The summed E-state index contributed by atoms with van der Waals surface area (Å²) in [6.07, 6.45) is 34.2. The van der Waals surface area contributed by atoms with Gasteiger partial charge in [0.15, 0.2) is 0 Å². The van der Waals surface area contributed by atoms with E-state index in [-0.39, 0.29) is 81.6 Å². The number of nitriles is 1. The zero-order valence-corrected chi connectivity index (χ0v) is 84.0. The Kier molecular flexibility index (Phi) is 38.4. The molecule has 11 heterocycles. The van der Waals surface area contributed by atoms with Crippen LogP contribution in [0.3, 0.4) is 0 Å². The Morgan fingerprint density at radius 2 is 0.687 bits per heavy atom. The van der Waals surface area contributed by atoms with E-state index in [9.17, 15) is 38.4 Å². The highest BCUT2D eigenvalue weighted by molar-refractivity contribution is 7.11. The number of alkyl carbamates (subject to hydrolysis) is 1. The van der Waals surface area contributed by atoms with Crippen LogP contribution in [0.5, 0.6) is 0 Å². The van der Waals surface area contributed by atoms with Crippen molar-refractivity contribution in [2.24, 2.45) is 11.8 Å². The minimum absolute atomic E-state index is 0.0268. The number of aromatic nitrogens is 18. The monoisotopic (exact) mass is 2010 g/mol. The number of carbonyl (C=O) groups is 8. The number of amides is 9. The number of methoxy groups -OCH3 is 1. The normalized spacial score (nSPS) is 29.0. The van der Waals surface area contributed by atoms with Crippen LogP contribution in [0.15, 0.2) is 49.6 Å². The third-order valence-electron chi connectivity index (χ3n) is 26.9. The summed E-state index contributed by atoms with van der Waals surface area (Å²) in [5, 5.41) is 117. The molecular formula is C87H122N28O10S9. The van der Waals surface area contributed by atoms with Gasteiger partial charge in [-0.05, 0) is 212 Å². The molecule has 724 valence electrons. The summed E-state index contributed by atoms with van der Waals surface area (Å²) < 4.78 is 10.6. The van der Waals surface area contributed by atoms with Gasteiger partial charge in [0.05, 0.1) is 25.3 Å². The molecule has 14 fully saturated rings. The first-order valence-electron chi connectivity index (χ1n) is 46.3. The molecule has 9 amide bonds. The minimum atomic E-state index is -0.334. The van der Waals surface area contributed by atoms with Crippen molar-refractivity contribution < 1.29 is 47.8 Å². The molecule has 0 spiro atoms. The Morgan fingerprint density at radius 3 is 1.02 bits per heavy atom. The molecule has 9 aromatic heterocycles. The molecule has 0 radical (unpaired) electrons. The van der Waals surface area contributed by atoms with Crippen molar-refractivity contribution in [2.75, 3.05) is 20.8 Å². The number of urea groups is 1. The maximum atomic E-state index is 11.7. The molecule has 9 N–H and O–H groups in total. The van der Waals surface area contributed by atoms with Crippen LogP contribution in [0.25, 0.3) is 0 Å². The summed E-state index contributed by atoms with van der Waals surface area (Å²) in [5.41, 5.74) is 15.9. The summed E-state index contributed by atoms with van der Waals surface area (Å²) >= 11 is 14.5. The maximum absolute atomic E-state index is 11.7. The molecule has 9 aromatic rings. The Bertz CT molecular complexity index is 4880. The quantitative estimate of drug-likeness (QED) is 0.0385. The molecule has 4 atom stereocenters. The zero-order chi connectivity index (χ0) is 94.5. The third kappa shape index (κ3) is 30.2. The summed E-state index contributed by atoms with van der Waals surface area (Å²) in [7, 11) is 3.03. The summed E-state index contributed by atoms with van der Waals surface area (Å²) in [6, 6.07) is 4.23. The van der Waals surface area contributed by atoms with E-state index >= 15 is 0 Å². The van der Waals surface area contributed by atoms with Crippen molar-refractivity contribution >= 4 is 150 Å². The molecule has 12 aliphatic carbocycles. The third-order valence-corrected chi connectivity index (χ3v) is 34.7. The molecule has 2 saturated heterocycles. The van der Waals surface area contributed by atoms with Crippen LogP contribution in [0.2, 0.25) is 0 Å². The number of carbonyl (C=O) groups excluding carboxylic acids is 8. The van der Waals surface area contributed by atoms with Gasteiger partial charge in [-0.3, -0.25) is 28.8 Å². The van der Waals surface area contributed by atoms with Gasteiger partial charge in [-0.15, -0.1) is 194 Å². The Hall–Kier alpha value is -9.15. The van der Waals surface area contributed by atoms with Crippen LogP contribution >= 0.6 is 102 Å². The predicted octanol–water partition coefficient (Wildman–Crippen LogP) is 13.4. The van der Waals surface area contributed by atoms with E-state index in [4.69, 9.17) is 10.00 Å². The van der Waals surface area contributed by atoms with Gasteiger partial charge in [0.1, 0.15) is 100 Å². The van der Waals surface area contributed by atoms with Gasteiger partial charge in [0, 0.05) is 142 Å². The van der Waals surface area contributed by atoms with Crippen LogP contribution < -0.4 is 47.9 Å². The second-order valence-electron chi connectivity index (χ2n) is 36.8. The first-order chi connectivity index (χ1) is 64.9. The fourth-order valence-electron chi connectivity index (χ4n) is 19.9. The average molecular weight is 2010 g/mol. The summed E-state index contributed by atoms with van der Waals surface area (Å²) in [6.45, 7) is 8.43. The van der Waals surface area contributed by atoms with Crippen LogP contribution in [0, 0.1) is 23.2 Å². The fourth-order valence-corrected chi connectivity index (χ4v) is 26.4. The molecule has 2 aliphatic heterocycles. The van der Waals surface area contributed by atoms with Crippen molar-refractivity contribution in [3.05, 3.63) is 94.7 Å². The van der Waals surface area contributed by atoms with Gasteiger partial charge in [0.2, 0.25) is 35.4 Å². The van der Waals surface area contributed by atoms with Crippen LogP contribution in [0.4, 0.5) is 9.59 Å². The van der Waals surface area contributed by atoms with E-state index in [0.717, 1.165) is 257 Å². The number of fused-ring (bicyclic) bond motifs is 3. The van der Waals surface area contributed by atoms with E-state index in [1.54, 1.807) is 193 Å². The highest BCUT2D eigenvalue weighted by Crippen LogP contribution is 2.68. The fraction of sp³-hybridized carbons (Fsp3) is 0.690. The Labute approximate surface area is 815 Å². The van der Waals surface area contributed by atoms with Gasteiger partial charge < -0.3 is 57.3 Å². The largest absolute Gasteiger partial charge is 0.453 e. The lowest BCUT2D eigenvalue weighted by Crippen LogP contribution is -2.76. The molecule has 47 heteroatoms. The summed E-state index contributed by atoms with van der Waals surface area (Å²) in [4.78, 5) is 88.4. The van der Waals surface area contributed by atoms with Gasteiger partial charge in [0.25, 0.3) is 0 Å². The number of nitrogens with one attached hydrogen (secondary N) is 9. The molecule has 14 aliphatic rings. The topological polar surface area (TPSA) is 519 Å². The van der Waals surface area contributed by atoms with Gasteiger partial charge in [-0.1, -0.05) is 0 Å². The molecule has 134 heavy (non-hydrogen) atoms. The van der Waals surface area contributed by atoms with Crippen LogP contribution in [-0.2, 0) is 49.3 Å². The lowest BCUT2D eigenvalue weighted by atomic mass is 9.39. The second kappa shape index (κ2) is 50.3. The first-order valence-corrected chi connectivity index (χ1v) is 54.2. The molecule has 0 unspecified atom stereocenters. The Balaban J connectivity index is 0.000000128. The number of nitrogens with zero attached hydrogens (tertiary/aromatic N) is 19. The standard InChI is InChI=1S/C12H17N3OS.C11H15N3O2S.C10H16N4OS.C10H15N3O2S.C9H11N3OS.2C9H13N3OS.C9H11N3S.C8H11N3OS/c16-11(8-1-2-8)14-10-5-3-9(4-6-10)12-15-13-7-17-12;1-8(15)13-10-2-4-11(5-3-10,16-6-10)9-14-12-7-17-9;1-11-10(15)13-8-4-2-7(3-5-8)9-14-12-6-16-9;1-15-10(14)12-8-4-2-7(3-5-8)9-13-11-6-16-9;1-6(13)11-9-2-8(3-9,4-9)7-12-10-5-14-7;2*1-6(13)11-8-3-2-7(4-8)9-12-10-5-14-9;10-5-7-1-3-8(4-2-7)9-12-11-6-13-9;1-5(12)10-7-2-6(3-7)8-11-9-4-13-8/h7-10H,1-6H2,(H,14,16);7H,2-6H2,1H3,(H,13,15);6-8H,2-5H2,1H3,(H2,11,13,15);6-8H,2-5H2,1H3,(H,12,14);5H,2-4H2,1H3,(H,11,13);2*5,7-8H,2-4H2,1H3,(H,11,13);6-8H,1-4H2;4,6-7H,2-3H2,1H3,(H,10,12)/t;;;;;7-,8+;7-,8-;;/m.....00../s1. The van der Waals surface area contributed by atoms with E-state index < -0.39 is 0 Å². The summed E-state index contributed by atoms with van der Waals surface area (Å²) in [5.74, 6) is 4.88. The van der Waals surface area contributed by atoms with Gasteiger partial charge in [-0.25, -0.2) is 9.59 Å². The highest BCUT2D eigenvalue weighted by Gasteiger charge is 2.70. The van der Waals surface area contributed by atoms with Crippen molar-refractivity contribution in [3.8, 4) is 6.07 Å². The van der Waals surface area contributed by atoms with Crippen molar-refractivity contribution in [3.63, 3.8) is 0 Å². The predicted molar refractivity (Wildman–Crippen MR) is 511 cm³/mol. The van der Waals surface area contributed by atoms with Gasteiger partial charge in [-0.2, -0.15) is 5.26 Å².